The van der Waals surface area contributed by atoms with Crippen LogP contribution in [0.4, 0.5) is 0 Å². The Balaban J connectivity index is 1.64. The van der Waals surface area contributed by atoms with Gasteiger partial charge in [-0.3, -0.25) is 14.5 Å². The van der Waals surface area contributed by atoms with Crippen LogP contribution in [0, 0.1) is 0 Å². The molecule has 1 aromatic carbocycles. The van der Waals surface area contributed by atoms with E-state index < -0.39 is 0 Å². The number of nitrogens with one attached hydrogen (secondary N) is 2. The average Bonchev–Trinajstić information content (AvgIpc) is 2.80. The highest BCUT2D eigenvalue weighted by atomic mass is 35.5. The summed E-state index contributed by atoms with van der Waals surface area (Å²) in [6.45, 7) is 3.24. The predicted octanol–water partition coefficient (Wildman–Crippen LogP) is 2.06. The number of halogens is 1. The third-order valence-corrected chi connectivity index (χ3v) is 4.25. The zero-order valence-electron chi connectivity index (χ0n) is 13.3. The fraction of sp³-hybridized carbons (Fsp3) is 0.529. The van der Waals surface area contributed by atoms with Crippen LogP contribution in [0.15, 0.2) is 24.3 Å². The molecule has 5 nitrogen and oxygen atoms in total. The zero-order chi connectivity index (χ0) is 16.5. The van der Waals surface area contributed by atoms with Crippen LogP contribution < -0.4 is 10.6 Å². The van der Waals surface area contributed by atoms with Gasteiger partial charge in [0.15, 0.2) is 0 Å². The molecule has 1 aromatic rings. The van der Waals surface area contributed by atoms with E-state index in [9.17, 15) is 9.59 Å². The summed E-state index contributed by atoms with van der Waals surface area (Å²) in [5.74, 6) is -0.212. The summed E-state index contributed by atoms with van der Waals surface area (Å²) in [7, 11) is 0. The number of carbonyl (C=O) groups excluding carboxylic acids is 2. The molecule has 0 saturated carbocycles. The van der Waals surface area contributed by atoms with Gasteiger partial charge in [-0.1, -0.05) is 36.6 Å². The first-order chi connectivity index (χ1) is 11.2. The Morgan fingerprint density at radius 3 is 2.35 bits per heavy atom. The van der Waals surface area contributed by atoms with Gasteiger partial charge in [0.1, 0.15) is 0 Å². The molecule has 1 aliphatic heterocycles. The van der Waals surface area contributed by atoms with Crippen molar-refractivity contribution in [3.63, 3.8) is 0 Å². The van der Waals surface area contributed by atoms with Gasteiger partial charge in [-0.15, -0.1) is 0 Å². The second-order valence-corrected chi connectivity index (χ2v) is 6.18. The van der Waals surface area contributed by atoms with Crippen molar-refractivity contribution in [1.82, 2.24) is 15.5 Å². The Kier molecular flexibility index (Phi) is 7.36. The van der Waals surface area contributed by atoms with Crippen LogP contribution in [-0.2, 0) is 4.79 Å². The smallest absolute Gasteiger partial charge is 0.252 e. The molecular weight excluding hydrogens is 314 g/mol. The van der Waals surface area contributed by atoms with Crippen LogP contribution in [0.2, 0.25) is 5.02 Å². The number of nitrogens with zero attached hydrogens (tertiary/aromatic N) is 1. The minimum absolute atomic E-state index is 0.0129. The van der Waals surface area contributed by atoms with E-state index in [1.54, 1.807) is 24.3 Å². The van der Waals surface area contributed by atoms with Gasteiger partial charge in [-0.25, -0.2) is 0 Å². The van der Waals surface area contributed by atoms with E-state index >= 15 is 0 Å². The Hall–Kier alpha value is -1.59. The summed E-state index contributed by atoms with van der Waals surface area (Å²) in [6.07, 6.45) is 4.85. The highest BCUT2D eigenvalue weighted by Gasteiger charge is 2.13. The summed E-state index contributed by atoms with van der Waals surface area (Å²) in [4.78, 5) is 26.1. The predicted molar refractivity (Wildman–Crippen MR) is 91.7 cm³/mol. The molecule has 0 spiro atoms. The largest absolute Gasteiger partial charge is 0.353 e. The zero-order valence-corrected chi connectivity index (χ0v) is 14.1. The molecule has 23 heavy (non-hydrogen) atoms. The second-order valence-electron chi connectivity index (χ2n) is 5.78. The molecule has 126 valence electrons. The van der Waals surface area contributed by atoms with Gasteiger partial charge in [-0.2, -0.15) is 0 Å². The topological polar surface area (TPSA) is 61.4 Å². The number of rotatable bonds is 6. The molecule has 0 bridgehead atoms. The van der Waals surface area contributed by atoms with E-state index in [4.69, 9.17) is 11.6 Å². The van der Waals surface area contributed by atoms with Crippen molar-refractivity contribution in [2.75, 3.05) is 32.7 Å². The molecule has 1 aliphatic rings. The van der Waals surface area contributed by atoms with Gasteiger partial charge in [0.2, 0.25) is 5.91 Å². The lowest BCUT2D eigenvalue weighted by molar-refractivity contribution is -0.122. The van der Waals surface area contributed by atoms with Crippen LogP contribution in [0.1, 0.15) is 36.0 Å². The third-order valence-electron chi connectivity index (χ3n) is 3.92. The summed E-state index contributed by atoms with van der Waals surface area (Å²) >= 11 is 5.97. The summed E-state index contributed by atoms with van der Waals surface area (Å²) in [5.41, 5.74) is 0.449. The minimum Gasteiger partial charge on any atom is -0.353 e. The highest BCUT2D eigenvalue weighted by Crippen LogP contribution is 2.14. The van der Waals surface area contributed by atoms with Crippen molar-refractivity contribution in [1.29, 1.82) is 0 Å². The average molecular weight is 338 g/mol. The third kappa shape index (κ3) is 6.20. The Labute approximate surface area is 142 Å². The van der Waals surface area contributed by atoms with Crippen LogP contribution in [-0.4, -0.2) is 49.4 Å². The second kappa shape index (κ2) is 9.53. The first-order valence-electron chi connectivity index (χ1n) is 8.18. The lowest BCUT2D eigenvalue weighted by Gasteiger charge is -2.19. The SMILES string of the molecule is O=C(CN1CCCCCC1)NCCNC(=O)c1ccccc1Cl. The van der Waals surface area contributed by atoms with E-state index in [2.05, 4.69) is 15.5 Å². The van der Waals surface area contributed by atoms with E-state index in [1.165, 1.54) is 25.7 Å². The monoisotopic (exact) mass is 337 g/mol. The number of amides is 2. The number of hydrogen-bond donors (Lipinski definition) is 2. The number of hydrogen-bond acceptors (Lipinski definition) is 3. The molecule has 0 aliphatic carbocycles. The molecule has 0 atom stereocenters. The van der Waals surface area contributed by atoms with Crippen molar-refractivity contribution in [2.45, 2.75) is 25.7 Å². The minimum atomic E-state index is -0.225. The van der Waals surface area contributed by atoms with Crippen LogP contribution in [0.3, 0.4) is 0 Å². The molecule has 2 N–H and O–H groups in total. The number of carbonyl (C=O) groups is 2. The van der Waals surface area contributed by atoms with Gasteiger partial charge in [0.25, 0.3) is 5.91 Å². The van der Waals surface area contributed by atoms with E-state index in [-0.39, 0.29) is 11.8 Å². The van der Waals surface area contributed by atoms with Crippen molar-refractivity contribution in [3.8, 4) is 0 Å². The Bertz CT molecular complexity index is 528. The number of benzene rings is 1. The fourth-order valence-electron chi connectivity index (χ4n) is 2.67. The van der Waals surface area contributed by atoms with Crippen molar-refractivity contribution < 1.29 is 9.59 Å². The first-order valence-corrected chi connectivity index (χ1v) is 8.56. The number of likely N-dealkylation sites (tertiary alicyclic amines) is 1. The van der Waals surface area contributed by atoms with E-state index in [0.717, 1.165) is 13.1 Å². The van der Waals surface area contributed by atoms with Crippen LogP contribution in [0.25, 0.3) is 0 Å². The van der Waals surface area contributed by atoms with Crippen molar-refractivity contribution in [2.24, 2.45) is 0 Å². The van der Waals surface area contributed by atoms with Crippen molar-refractivity contribution >= 4 is 23.4 Å². The van der Waals surface area contributed by atoms with Crippen LogP contribution >= 0.6 is 11.6 Å². The maximum absolute atomic E-state index is 11.9. The summed E-state index contributed by atoms with van der Waals surface area (Å²) < 4.78 is 0. The first kappa shape index (κ1) is 17.8. The van der Waals surface area contributed by atoms with E-state index in [0.29, 0.717) is 30.2 Å². The quantitative estimate of drug-likeness (QED) is 0.781. The lowest BCUT2D eigenvalue weighted by Crippen LogP contribution is -2.41. The van der Waals surface area contributed by atoms with Crippen molar-refractivity contribution in [3.05, 3.63) is 34.9 Å². The summed E-state index contributed by atoms with van der Waals surface area (Å²) in [5, 5.41) is 6.03. The maximum atomic E-state index is 11.9. The molecule has 0 aromatic heterocycles. The molecule has 1 saturated heterocycles. The molecule has 1 heterocycles. The Morgan fingerprint density at radius 1 is 1.00 bits per heavy atom. The van der Waals surface area contributed by atoms with Gasteiger partial charge in [0.05, 0.1) is 17.1 Å². The van der Waals surface area contributed by atoms with E-state index in [1.807, 2.05) is 0 Å². The van der Waals surface area contributed by atoms with Gasteiger partial charge < -0.3 is 10.6 Å². The van der Waals surface area contributed by atoms with Gasteiger partial charge in [0, 0.05) is 13.1 Å². The normalized spacial score (nSPS) is 15.7. The lowest BCUT2D eigenvalue weighted by atomic mass is 10.2. The molecule has 6 heteroatoms. The molecule has 0 radical (unpaired) electrons. The summed E-state index contributed by atoms with van der Waals surface area (Å²) in [6, 6.07) is 6.90. The fourth-order valence-corrected chi connectivity index (χ4v) is 2.89. The molecule has 0 unspecified atom stereocenters. The maximum Gasteiger partial charge on any atom is 0.252 e. The van der Waals surface area contributed by atoms with Crippen LogP contribution in [0.5, 0.6) is 0 Å². The molecular formula is C17H24ClN3O2. The van der Waals surface area contributed by atoms with Gasteiger partial charge in [-0.05, 0) is 38.1 Å². The highest BCUT2D eigenvalue weighted by molar-refractivity contribution is 6.33. The Morgan fingerprint density at radius 2 is 1.65 bits per heavy atom. The molecule has 2 rings (SSSR count). The van der Waals surface area contributed by atoms with Gasteiger partial charge >= 0.3 is 0 Å². The molecule has 2 amide bonds. The standard InChI is InChI=1S/C17H24ClN3O2/c18-15-8-4-3-7-14(15)17(23)20-10-9-19-16(22)13-21-11-5-1-2-6-12-21/h3-4,7-8H,1-2,5-6,9-13H2,(H,19,22)(H,20,23). The molecule has 1 fully saturated rings.